The maximum absolute atomic E-state index is 13.4. The summed E-state index contributed by atoms with van der Waals surface area (Å²) in [5.41, 5.74) is 9.16. The normalized spacial score (nSPS) is 22.8. The van der Waals surface area contributed by atoms with Crippen LogP contribution in [-0.4, -0.2) is 67.4 Å². The van der Waals surface area contributed by atoms with Crippen molar-refractivity contribution >= 4 is 27.8 Å². The number of fused-ring (bicyclic) bond motifs is 4. The van der Waals surface area contributed by atoms with Crippen LogP contribution in [0.25, 0.3) is 11.3 Å². The van der Waals surface area contributed by atoms with Crippen molar-refractivity contribution < 1.29 is 22.7 Å². The molecule has 1 aromatic heterocycles. The van der Waals surface area contributed by atoms with Crippen molar-refractivity contribution in [1.29, 1.82) is 0 Å². The highest BCUT2D eigenvalue weighted by molar-refractivity contribution is 7.92. The lowest BCUT2D eigenvalue weighted by Crippen LogP contribution is -2.51. The molecule has 2 aliphatic heterocycles. The number of nitrogens with two attached hydrogens (primary N) is 1. The quantitative estimate of drug-likeness (QED) is 0.395. The molecule has 0 radical (unpaired) electrons. The number of hydrogen-bond donors (Lipinski definition) is 3. The highest BCUT2D eigenvalue weighted by Crippen LogP contribution is 2.36. The van der Waals surface area contributed by atoms with Crippen LogP contribution in [0.15, 0.2) is 53.4 Å². The van der Waals surface area contributed by atoms with E-state index in [2.05, 4.69) is 20.0 Å². The minimum atomic E-state index is -4.12. The Bertz CT molecular complexity index is 1680. The predicted molar refractivity (Wildman–Crippen MR) is 166 cm³/mol. The number of likely N-dealkylation sites (tertiary alicyclic amines) is 1. The number of ether oxygens (including phenoxy) is 1. The summed E-state index contributed by atoms with van der Waals surface area (Å²) in [4.78, 5) is 37.3. The molecule has 12 heteroatoms. The van der Waals surface area contributed by atoms with Gasteiger partial charge in [-0.1, -0.05) is 24.3 Å². The summed E-state index contributed by atoms with van der Waals surface area (Å²) in [6.07, 6.45) is 3.65. The van der Waals surface area contributed by atoms with Crippen LogP contribution in [0.5, 0.6) is 5.88 Å². The number of amides is 2. The summed E-state index contributed by atoms with van der Waals surface area (Å²) in [7, 11) is -4.12. The molecule has 3 aromatic rings. The topological polar surface area (TPSA) is 157 Å². The van der Waals surface area contributed by atoms with Gasteiger partial charge in [-0.05, 0) is 75.3 Å². The number of nitrogens with one attached hydrogen (secondary N) is 2. The van der Waals surface area contributed by atoms with Crippen LogP contribution >= 0.6 is 0 Å². The highest BCUT2D eigenvalue weighted by atomic mass is 32.2. The van der Waals surface area contributed by atoms with E-state index in [1.54, 1.807) is 12.1 Å². The van der Waals surface area contributed by atoms with Crippen LogP contribution in [0.4, 0.5) is 5.95 Å². The molecule has 2 aromatic carbocycles. The SMILES string of the molecule is Cc1cccc(C)c1-c1cc2nc(n1)NS(=O)(=O)c1cccc(c1)C(=O)NCC1(CCN(C(=O)[C@H]3CC[C@@H](N)C3)CC1)CO2. The largest absolute Gasteiger partial charge is 0.477 e. The van der Waals surface area contributed by atoms with Crippen molar-refractivity contribution in [2.24, 2.45) is 17.1 Å². The van der Waals surface area contributed by atoms with Gasteiger partial charge in [-0.2, -0.15) is 4.98 Å². The summed E-state index contributed by atoms with van der Waals surface area (Å²) in [6, 6.07) is 13.6. The highest BCUT2D eigenvalue weighted by Gasteiger charge is 2.40. The molecule has 6 rings (SSSR count). The minimum Gasteiger partial charge on any atom is -0.477 e. The Balaban J connectivity index is 1.35. The van der Waals surface area contributed by atoms with Crippen LogP contribution in [0.3, 0.4) is 0 Å². The fraction of sp³-hybridized carbons (Fsp3) is 0.438. The second kappa shape index (κ2) is 11.8. The Morgan fingerprint density at radius 3 is 2.48 bits per heavy atom. The lowest BCUT2D eigenvalue weighted by molar-refractivity contribution is -0.138. The molecule has 2 atom stereocenters. The smallest absolute Gasteiger partial charge is 0.264 e. The number of hydrogen-bond acceptors (Lipinski definition) is 8. The zero-order chi connectivity index (χ0) is 31.1. The molecule has 1 saturated carbocycles. The molecular weight excluding hydrogens is 580 g/mol. The Morgan fingerprint density at radius 2 is 1.77 bits per heavy atom. The van der Waals surface area contributed by atoms with Crippen molar-refractivity contribution in [3.63, 3.8) is 0 Å². The number of piperidine rings is 1. The molecular formula is C32H38N6O5S. The molecule has 232 valence electrons. The lowest BCUT2D eigenvalue weighted by Gasteiger charge is -2.42. The average Bonchev–Trinajstić information content (AvgIpc) is 3.44. The van der Waals surface area contributed by atoms with Crippen LogP contribution in [-0.2, 0) is 14.8 Å². The van der Waals surface area contributed by atoms with E-state index in [9.17, 15) is 18.0 Å². The number of aryl methyl sites for hydroxylation is 2. The standard InChI is InChI=1S/C32H38N6O5S/c1-20-5-3-6-21(2)28(20)26-17-27-36-31(35-26)37-44(41,42)25-8-4-7-22(16-25)29(39)34-18-32(19-43-27)11-13-38(14-12-32)30(40)23-9-10-24(33)15-23/h3-8,16-17,23-24H,9-15,18-19,33H2,1-2H3,(H,34,39)(H,35,36,37)/t23-,24+/m0/s1. The van der Waals surface area contributed by atoms with Gasteiger partial charge >= 0.3 is 0 Å². The number of carbonyl (C=O) groups is 2. The molecule has 44 heavy (non-hydrogen) atoms. The number of nitrogens with zero attached hydrogens (tertiary/aromatic N) is 3. The third-order valence-corrected chi connectivity index (χ3v) is 10.5. The third-order valence-electron chi connectivity index (χ3n) is 9.18. The first-order valence-corrected chi connectivity index (χ1v) is 16.5. The molecule has 2 fully saturated rings. The van der Waals surface area contributed by atoms with E-state index in [4.69, 9.17) is 10.5 Å². The summed E-state index contributed by atoms with van der Waals surface area (Å²) < 4.78 is 35.6. The van der Waals surface area contributed by atoms with E-state index in [1.165, 1.54) is 18.2 Å². The third kappa shape index (κ3) is 6.14. The molecule has 1 spiro atoms. The zero-order valence-corrected chi connectivity index (χ0v) is 25.8. The van der Waals surface area contributed by atoms with Gasteiger partial charge < -0.3 is 20.7 Å². The van der Waals surface area contributed by atoms with E-state index in [1.807, 2.05) is 36.9 Å². The van der Waals surface area contributed by atoms with Crippen molar-refractivity contribution in [3.8, 4) is 17.1 Å². The van der Waals surface area contributed by atoms with Crippen molar-refractivity contribution in [2.75, 3.05) is 31.0 Å². The predicted octanol–water partition coefficient (Wildman–Crippen LogP) is 3.42. The van der Waals surface area contributed by atoms with Gasteiger partial charge in [-0.25, -0.2) is 18.1 Å². The Labute approximate surface area is 257 Å². The fourth-order valence-electron chi connectivity index (χ4n) is 6.54. The summed E-state index contributed by atoms with van der Waals surface area (Å²) >= 11 is 0. The van der Waals surface area contributed by atoms with Gasteiger partial charge in [-0.15, -0.1) is 0 Å². The first-order chi connectivity index (χ1) is 21.0. The Hall–Kier alpha value is -4.03. The molecule has 4 N–H and O–H groups in total. The fourth-order valence-corrected chi connectivity index (χ4v) is 7.53. The maximum atomic E-state index is 13.4. The van der Waals surface area contributed by atoms with E-state index >= 15 is 0 Å². The van der Waals surface area contributed by atoms with Crippen LogP contribution in [0, 0.1) is 25.2 Å². The first kappa shape index (κ1) is 30.0. The van der Waals surface area contributed by atoms with Gasteiger partial charge in [0.1, 0.15) is 0 Å². The zero-order valence-electron chi connectivity index (χ0n) is 25.0. The first-order valence-electron chi connectivity index (χ1n) is 15.1. The molecule has 2 amide bonds. The van der Waals surface area contributed by atoms with Gasteiger partial charge in [0.25, 0.3) is 15.9 Å². The van der Waals surface area contributed by atoms with Gasteiger partial charge in [0.2, 0.25) is 17.7 Å². The van der Waals surface area contributed by atoms with Crippen LogP contribution in [0.1, 0.15) is 53.6 Å². The number of aromatic nitrogens is 2. The minimum absolute atomic E-state index is 0.0298. The average molecular weight is 619 g/mol. The Kier molecular flexibility index (Phi) is 8.06. The number of sulfonamides is 1. The van der Waals surface area contributed by atoms with Gasteiger partial charge in [0, 0.05) is 54.2 Å². The number of rotatable bonds is 2. The second-order valence-electron chi connectivity index (χ2n) is 12.4. The molecule has 3 heterocycles. The second-order valence-corrected chi connectivity index (χ2v) is 14.1. The number of carbonyl (C=O) groups excluding carboxylic acids is 2. The van der Waals surface area contributed by atoms with E-state index < -0.39 is 15.4 Å². The molecule has 1 aliphatic carbocycles. The maximum Gasteiger partial charge on any atom is 0.264 e. The molecule has 4 bridgehead atoms. The molecule has 3 aliphatic rings. The summed E-state index contributed by atoms with van der Waals surface area (Å²) in [5, 5.41) is 3.01. The lowest BCUT2D eigenvalue weighted by atomic mass is 9.78. The molecule has 11 nitrogen and oxygen atoms in total. The molecule has 1 saturated heterocycles. The summed E-state index contributed by atoms with van der Waals surface area (Å²) in [5.74, 6) is -0.176. The van der Waals surface area contributed by atoms with Crippen molar-refractivity contribution in [2.45, 2.75) is 56.9 Å². The molecule has 0 unspecified atom stereocenters. The van der Waals surface area contributed by atoms with E-state index in [0.29, 0.717) is 38.2 Å². The van der Waals surface area contributed by atoms with Crippen molar-refractivity contribution in [1.82, 2.24) is 20.2 Å². The number of benzene rings is 2. The monoisotopic (exact) mass is 618 g/mol. The van der Waals surface area contributed by atoms with Crippen molar-refractivity contribution in [3.05, 3.63) is 65.2 Å². The number of anilines is 1. The van der Waals surface area contributed by atoms with E-state index in [-0.39, 0.29) is 52.7 Å². The van der Waals surface area contributed by atoms with Gasteiger partial charge in [0.05, 0.1) is 17.2 Å². The summed E-state index contributed by atoms with van der Waals surface area (Å²) in [6.45, 7) is 5.53. The van der Waals surface area contributed by atoms with Crippen LogP contribution in [0.2, 0.25) is 0 Å². The van der Waals surface area contributed by atoms with Crippen LogP contribution < -0.4 is 20.5 Å². The Morgan fingerprint density at radius 1 is 1.05 bits per heavy atom. The van der Waals surface area contributed by atoms with Gasteiger partial charge in [-0.3, -0.25) is 9.59 Å². The van der Waals surface area contributed by atoms with Gasteiger partial charge in [0.15, 0.2) is 0 Å². The van der Waals surface area contributed by atoms with E-state index in [0.717, 1.165) is 36.0 Å².